The van der Waals surface area contributed by atoms with Gasteiger partial charge < -0.3 is 5.11 Å². The van der Waals surface area contributed by atoms with E-state index < -0.39 is 6.10 Å². The summed E-state index contributed by atoms with van der Waals surface area (Å²) in [6.07, 6.45) is 14.6. The first kappa shape index (κ1) is 18.1. The van der Waals surface area contributed by atoms with Crippen molar-refractivity contribution in [1.29, 1.82) is 0 Å². The lowest BCUT2D eigenvalue weighted by Gasteiger charge is -2.14. The van der Waals surface area contributed by atoms with E-state index in [1.807, 2.05) is 29.2 Å². The van der Waals surface area contributed by atoms with Crippen LogP contribution in [0, 0.1) is 5.92 Å². The van der Waals surface area contributed by atoms with Crippen molar-refractivity contribution in [1.82, 2.24) is 34.2 Å². The van der Waals surface area contributed by atoms with Gasteiger partial charge in [0.05, 0.1) is 60.4 Å². The minimum atomic E-state index is -0.455. The van der Waals surface area contributed by atoms with Gasteiger partial charge in [-0.1, -0.05) is 6.92 Å². The highest BCUT2D eigenvalue weighted by molar-refractivity contribution is 5.78. The lowest BCUT2D eigenvalue weighted by Crippen LogP contribution is -2.11. The number of aliphatic hydroxyl groups excluding tert-OH is 1. The number of hydrogen-bond acceptors (Lipinski definition) is 5. The van der Waals surface area contributed by atoms with Gasteiger partial charge in [0, 0.05) is 23.5 Å². The third-order valence-corrected chi connectivity index (χ3v) is 5.57. The quantitative estimate of drug-likeness (QED) is 0.523. The van der Waals surface area contributed by atoms with Crippen LogP contribution in [-0.4, -0.2) is 45.4 Å². The number of aliphatic hydroxyl groups is 1. The molecule has 1 aliphatic rings. The van der Waals surface area contributed by atoms with E-state index in [1.54, 1.807) is 24.0 Å². The molecule has 4 heterocycles. The van der Waals surface area contributed by atoms with Crippen LogP contribution in [0.15, 0.2) is 43.2 Å². The van der Waals surface area contributed by atoms with Crippen molar-refractivity contribution in [3.63, 3.8) is 0 Å². The summed E-state index contributed by atoms with van der Waals surface area (Å²) in [5.74, 6) is 0.752. The average Bonchev–Trinajstić information content (AvgIpc) is 3.11. The van der Waals surface area contributed by atoms with Crippen molar-refractivity contribution in [3.05, 3.63) is 43.2 Å². The van der Waals surface area contributed by atoms with Crippen molar-refractivity contribution < 1.29 is 5.11 Å². The van der Waals surface area contributed by atoms with Crippen LogP contribution < -0.4 is 0 Å². The summed E-state index contributed by atoms with van der Waals surface area (Å²) in [6.45, 7) is 4.42. The summed E-state index contributed by atoms with van der Waals surface area (Å²) >= 11 is 0. The maximum Gasteiger partial charge on any atom is 0.0999 e. The van der Waals surface area contributed by atoms with Gasteiger partial charge in [0.25, 0.3) is 0 Å². The van der Waals surface area contributed by atoms with Crippen LogP contribution in [0.25, 0.3) is 28.0 Å². The van der Waals surface area contributed by atoms with Crippen LogP contribution in [0.4, 0.5) is 0 Å². The molecule has 0 radical (unpaired) electrons. The second-order valence-electron chi connectivity index (χ2n) is 7.96. The summed E-state index contributed by atoms with van der Waals surface area (Å²) in [5, 5.41) is 23.0. The maximum absolute atomic E-state index is 9.60. The van der Waals surface area contributed by atoms with Gasteiger partial charge in [0.15, 0.2) is 0 Å². The Morgan fingerprint density at radius 2 is 1.93 bits per heavy atom. The fraction of sp³-hybridized carbons (Fsp3) is 0.429. The van der Waals surface area contributed by atoms with E-state index in [2.05, 4.69) is 33.1 Å². The minimum absolute atomic E-state index is 0.448. The fourth-order valence-corrected chi connectivity index (χ4v) is 4.00. The Balaban J connectivity index is 1.55. The van der Waals surface area contributed by atoms with E-state index in [9.17, 15) is 5.11 Å². The smallest absolute Gasteiger partial charge is 0.0999 e. The molecule has 1 saturated carbocycles. The van der Waals surface area contributed by atoms with Crippen LogP contribution in [0.3, 0.4) is 0 Å². The zero-order valence-electron chi connectivity index (χ0n) is 16.7. The molecule has 0 aromatic carbocycles. The summed E-state index contributed by atoms with van der Waals surface area (Å²) in [6, 6.07) is 2.44. The first-order chi connectivity index (χ1) is 14.1. The Morgan fingerprint density at radius 3 is 2.69 bits per heavy atom. The summed E-state index contributed by atoms with van der Waals surface area (Å²) < 4.78 is 5.68. The molecule has 29 heavy (non-hydrogen) atoms. The minimum Gasteiger partial charge on any atom is -0.391 e. The first-order valence-corrected chi connectivity index (χ1v) is 10.2. The van der Waals surface area contributed by atoms with Gasteiger partial charge in [-0.05, 0) is 38.2 Å². The summed E-state index contributed by atoms with van der Waals surface area (Å²) in [7, 11) is 0. The molecular weight excluding hydrogens is 366 g/mol. The molecule has 0 spiro atoms. The zero-order valence-corrected chi connectivity index (χ0v) is 16.7. The Bertz CT molecular complexity index is 1140. The summed E-state index contributed by atoms with van der Waals surface area (Å²) in [5.41, 5.74) is 4.48. The molecule has 8 nitrogen and oxygen atoms in total. The third kappa shape index (κ3) is 3.44. The number of rotatable bonds is 7. The Kier molecular flexibility index (Phi) is 4.43. The highest BCUT2D eigenvalue weighted by Crippen LogP contribution is 2.41. The lowest BCUT2D eigenvalue weighted by atomic mass is 10.1. The largest absolute Gasteiger partial charge is 0.391 e. The van der Waals surface area contributed by atoms with Crippen molar-refractivity contribution in [2.75, 3.05) is 0 Å². The van der Waals surface area contributed by atoms with Crippen molar-refractivity contribution in [3.8, 4) is 22.5 Å². The molecule has 0 saturated heterocycles. The molecule has 0 amide bonds. The Labute approximate surface area is 168 Å². The predicted molar refractivity (Wildman–Crippen MR) is 109 cm³/mol. The summed E-state index contributed by atoms with van der Waals surface area (Å²) in [4.78, 5) is 4.94. The van der Waals surface area contributed by atoms with Crippen molar-refractivity contribution in [2.24, 2.45) is 5.92 Å². The number of fused-ring (bicyclic) bond motifs is 1. The normalized spacial score (nSPS) is 16.4. The van der Waals surface area contributed by atoms with E-state index in [1.165, 1.54) is 12.8 Å². The molecule has 0 bridgehead atoms. The monoisotopic (exact) mass is 391 g/mol. The average molecular weight is 391 g/mol. The molecule has 4 aromatic heterocycles. The molecular formula is C21H25N7O. The van der Waals surface area contributed by atoms with E-state index in [-0.39, 0.29) is 0 Å². The van der Waals surface area contributed by atoms with Gasteiger partial charge in [-0.3, -0.25) is 9.36 Å². The molecule has 1 fully saturated rings. The Hall–Kier alpha value is -3.00. The molecule has 1 N–H and O–H groups in total. The van der Waals surface area contributed by atoms with Crippen LogP contribution in [0.1, 0.15) is 39.2 Å². The van der Waals surface area contributed by atoms with Crippen LogP contribution in [0.2, 0.25) is 0 Å². The fourth-order valence-electron chi connectivity index (χ4n) is 4.00. The molecule has 2 atom stereocenters. The van der Waals surface area contributed by atoms with Crippen molar-refractivity contribution >= 4 is 5.52 Å². The number of nitrogens with zero attached hydrogens (tertiary/aromatic N) is 7. The highest BCUT2D eigenvalue weighted by Gasteiger charge is 2.31. The molecule has 4 aromatic rings. The second-order valence-corrected chi connectivity index (χ2v) is 7.96. The van der Waals surface area contributed by atoms with Gasteiger partial charge in [0.1, 0.15) is 0 Å². The SMILES string of the molecule is CCC(C1CC1)n1cc(-c2nc(-c3cnn(CC(C)O)c3)cn3nccc23)cn1. The zero-order chi connectivity index (χ0) is 20.0. The van der Waals surface area contributed by atoms with Crippen molar-refractivity contribution in [2.45, 2.75) is 51.8 Å². The standard InChI is InChI=1S/C21H25N7O/c1-3-19(15-4-5-15)27-12-17(9-24-27)21-20-6-7-22-28(20)13-18(25-21)16-8-23-26(11-16)10-14(2)29/h6-9,11-15,19,29H,3-5,10H2,1-2H3. The van der Waals surface area contributed by atoms with E-state index in [0.29, 0.717) is 12.6 Å². The van der Waals surface area contributed by atoms with Crippen LogP contribution >= 0.6 is 0 Å². The van der Waals surface area contributed by atoms with Crippen LogP contribution in [0.5, 0.6) is 0 Å². The van der Waals surface area contributed by atoms with Gasteiger partial charge in [-0.2, -0.15) is 15.3 Å². The third-order valence-electron chi connectivity index (χ3n) is 5.57. The molecule has 8 heteroatoms. The number of hydrogen-bond donors (Lipinski definition) is 1. The van der Waals surface area contributed by atoms with Gasteiger partial charge in [-0.25, -0.2) is 9.50 Å². The Morgan fingerprint density at radius 1 is 1.10 bits per heavy atom. The molecule has 5 rings (SSSR count). The van der Waals surface area contributed by atoms with Crippen LogP contribution in [-0.2, 0) is 6.54 Å². The van der Waals surface area contributed by atoms with Gasteiger partial charge >= 0.3 is 0 Å². The topological polar surface area (TPSA) is 86.1 Å². The van der Waals surface area contributed by atoms with E-state index >= 15 is 0 Å². The van der Waals surface area contributed by atoms with E-state index in [4.69, 9.17) is 4.98 Å². The van der Waals surface area contributed by atoms with Gasteiger partial charge in [-0.15, -0.1) is 0 Å². The molecule has 0 aliphatic heterocycles. The number of aromatic nitrogens is 7. The molecule has 2 unspecified atom stereocenters. The molecule has 1 aliphatic carbocycles. The second kappa shape index (κ2) is 7.11. The van der Waals surface area contributed by atoms with Gasteiger partial charge in [0.2, 0.25) is 0 Å². The predicted octanol–water partition coefficient (Wildman–Crippen LogP) is 3.20. The molecule has 150 valence electrons. The highest BCUT2D eigenvalue weighted by atomic mass is 16.3. The maximum atomic E-state index is 9.60. The first-order valence-electron chi connectivity index (χ1n) is 10.2. The lowest BCUT2D eigenvalue weighted by molar-refractivity contribution is 0.168. The van der Waals surface area contributed by atoms with E-state index in [0.717, 1.165) is 40.4 Å².